The molecule has 1 N–H and O–H groups in total. The Morgan fingerprint density at radius 2 is 1.95 bits per heavy atom. The number of anilines is 1. The van der Waals surface area contributed by atoms with Gasteiger partial charge in [-0.25, -0.2) is 0 Å². The summed E-state index contributed by atoms with van der Waals surface area (Å²) in [5.74, 6) is 1.23. The number of nitrogens with zero attached hydrogens (tertiary/aromatic N) is 1. The summed E-state index contributed by atoms with van der Waals surface area (Å²) in [5.41, 5.74) is 2.73. The Morgan fingerprint density at radius 1 is 1.26 bits per heavy atom. The van der Waals surface area contributed by atoms with Crippen LogP contribution in [0.15, 0.2) is 24.3 Å². The van der Waals surface area contributed by atoms with Crippen molar-refractivity contribution in [1.82, 2.24) is 5.32 Å². The standard InChI is InChI=1S/C16H26N2S/c1-13(2)17-11-14-5-7-15(8-6-14)18-9-10-19-16(3,4)12-18/h5-8,13,17H,9-12H2,1-4H3. The van der Waals surface area contributed by atoms with E-state index in [2.05, 4.69) is 73.9 Å². The van der Waals surface area contributed by atoms with Crippen LogP contribution in [0, 0.1) is 0 Å². The molecule has 19 heavy (non-hydrogen) atoms. The number of nitrogens with one attached hydrogen (secondary N) is 1. The summed E-state index contributed by atoms with van der Waals surface area (Å²) < 4.78 is 0.371. The molecule has 0 aliphatic carbocycles. The molecule has 106 valence electrons. The predicted molar refractivity (Wildman–Crippen MR) is 87.2 cm³/mol. The van der Waals surface area contributed by atoms with E-state index in [1.165, 1.54) is 17.0 Å². The molecule has 0 bridgehead atoms. The third-order valence-electron chi connectivity index (χ3n) is 3.44. The number of rotatable bonds is 4. The van der Waals surface area contributed by atoms with E-state index in [1.54, 1.807) is 0 Å². The van der Waals surface area contributed by atoms with Crippen LogP contribution in [0.25, 0.3) is 0 Å². The summed E-state index contributed by atoms with van der Waals surface area (Å²) in [4.78, 5) is 2.51. The van der Waals surface area contributed by atoms with Gasteiger partial charge in [-0.2, -0.15) is 11.8 Å². The predicted octanol–water partition coefficient (Wildman–Crippen LogP) is 3.52. The molecular formula is C16H26N2S. The van der Waals surface area contributed by atoms with Gasteiger partial charge in [-0.1, -0.05) is 26.0 Å². The van der Waals surface area contributed by atoms with Crippen molar-refractivity contribution >= 4 is 17.4 Å². The van der Waals surface area contributed by atoms with E-state index in [0.717, 1.165) is 19.6 Å². The molecule has 0 spiro atoms. The minimum atomic E-state index is 0.371. The SMILES string of the molecule is CC(C)NCc1ccc(N2CCSC(C)(C)C2)cc1. The second-order valence-corrected chi connectivity index (χ2v) is 8.03. The number of hydrogen-bond donors (Lipinski definition) is 1. The van der Waals surface area contributed by atoms with Crippen LogP contribution in [-0.4, -0.2) is 29.6 Å². The first-order chi connectivity index (χ1) is 8.96. The Bertz CT molecular complexity index is 398. The lowest BCUT2D eigenvalue weighted by Crippen LogP contribution is -2.43. The molecular weight excluding hydrogens is 252 g/mol. The van der Waals surface area contributed by atoms with Gasteiger partial charge in [0.2, 0.25) is 0 Å². The molecule has 1 aliphatic heterocycles. The first-order valence-corrected chi connectivity index (χ1v) is 8.16. The van der Waals surface area contributed by atoms with Crippen LogP contribution in [0.2, 0.25) is 0 Å². The van der Waals surface area contributed by atoms with Crippen LogP contribution in [-0.2, 0) is 6.54 Å². The van der Waals surface area contributed by atoms with E-state index >= 15 is 0 Å². The quantitative estimate of drug-likeness (QED) is 0.907. The van der Waals surface area contributed by atoms with Crippen LogP contribution in [0.5, 0.6) is 0 Å². The van der Waals surface area contributed by atoms with E-state index in [0.29, 0.717) is 10.8 Å². The molecule has 1 fully saturated rings. The highest BCUT2D eigenvalue weighted by atomic mass is 32.2. The van der Waals surface area contributed by atoms with Gasteiger partial charge in [-0.15, -0.1) is 0 Å². The molecule has 2 rings (SSSR count). The lowest BCUT2D eigenvalue weighted by molar-refractivity contribution is 0.588. The van der Waals surface area contributed by atoms with Crippen molar-refractivity contribution < 1.29 is 0 Å². The Balaban J connectivity index is 1.98. The maximum Gasteiger partial charge on any atom is 0.0367 e. The third-order valence-corrected chi connectivity index (χ3v) is 4.74. The second-order valence-electron chi connectivity index (χ2n) is 6.23. The monoisotopic (exact) mass is 278 g/mol. The van der Waals surface area contributed by atoms with Crippen LogP contribution in [0.4, 0.5) is 5.69 Å². The first kappa shape index (κ1) is 14.7. The van der Waals surface area contributed by atoms with Crippen LogP contribution in [0.3, 0.4) is 0 Å². The third kappa shape index (κ3) is 4.43. The van der Waals surface area contributed by atoms with Gasteiger partial charge in [0, 0.05) is 41.9 Å². The maximum atomic E-state index is 3.46. The average molecular weight is 278 g/mol. The highest BCUT2D eigenvalue weighted by Crippen LogP contribution is 2.32. The van der Waals surface area contributed by atoms with Gasteiger partial charge in [0.1, 0.15) is 0 Å². The molecule has 3 heteroatoms. The van der Waals surface area contributed by atoms with Crippen molar-refractivity contribution in [3.8, 4) is 0 Å². The molecule has 1 aliphatic rings. The molecule has 0 radical (unpaired) electrons. The summed E-state index contributed by atoms with van der Waals surface area (Å²) >= 11 is 2.08. The zero-order chi connectivity index (χ0) is 13.9. The van der Waals surface area contributed by atoms with Crippen LogP contribution >= 0.6 is 11.8 Å². The lowest BCUT2D eigenvalue weighted by Gasteiger charge is -2.39. The fourth-order valence-corrected chi connectivity index (χ4v) is 3.49. The summed E-state index contributed by atoms with van der Waals surface area (Å²) in [6, 6.07) is 9.57. The molecule has 1 aromatic rings. The molecule has 1 saturated heterocycles. The number of hydrogen-bond acceptors (Lipinski definition) is 3. The van der Waals surface area contributed by atoms with Gasteiger partial charge in [-0.05, 0) is 31.5 Å². The topological polar surface area (TPSA) is 15.3 Å². The Morgan fingerprint density at radius 3 is 2.53 bits per heavy atom. The fourth-order valence-electron chi connectivity index (χ4n) is 2.38. The maximum absolute atomic E-state index is 3.46. The second kappa shape index (κ2) is 6.19. The highest BCUT2D eigenvalue weighted by Gasteiger charge is 2.26. The van der Waals surface area contributed by atoms with Gasteiger partial charge in [0.05, 0.1) is 0 Å². The van der Waals surface area contributed by atoms with Gasteiger partial charge < -0.3 is 10.2 Å². The van der Waals surface area contributed by atoms with E-state index in [1.807, 2.05) is 0 Å². The molecule has 0 amide bonds. The zero-order valence-electron chi connectivity index (χ0n) is 12.6. The molecule has 0 aromatic heterocycles. The van der Waals surface area contributed by atoms with E-state index < -0.39 is 0 Å². The van der Waals surface area contributed by atoms with Gasteiger partial charge in [0.15, 0.2) is 0 Å². The fraction of sp³-hybridized carbons (Fsp3) is 0.625. The zero-order valence-corrected chi connectivity index (χ0v) is 13.4. The molecule has 0 unspecified atom stereocenters. The molecule has 2 nitrogen and oxygen atoms in total. The Hall–Kier alpha value is -0.670. The summed E-state index contributed by atoms with van der Waals surface area (Å²) in [6.07, 6.45) is 0. The summed E-state index contributed by atoms with van der Waals surface area (Å²) in [6.45, 7) is 12.3. The van der Waals surface area contributed by atoms with Crippen LogP contribution < -0.4 is 10.2 Å². The number of thioether (sulfide) groups is 1. The lowest BCUT2D eigenvalue weighted by atomic mass is 10.1. The first-order valence-electron chi connectivity index (χ1n) is 7.17. The van der Waals surface area contributed by atoms with E-state index in [-0.39, 0.29) is 0 Å². The van der Waals surface area contributed by atoms with Crippen molar-refractivity contribution in [3.05, 3.63) is 29.8 Å². The highest BCUT2D eigenvalue weighted by molar-refractivity contribution is 8.00. The van der Waals surface area contributed by atoms with Gasteiger partial charge in [-0.3, -0.25) is 0 Å². The Labute approximate surface area is 122 Å². The molecule has 0 saturated carbocycles. The summed E-state index contributed by atoms with van der Waals surface area (Å²) in [7, 11) is 0. The van der Waals surface area contributed by atoms with Gasteiger partial charge in [0.25, 0.3) is 0 Å². The number of benzene rings is 1. The van der Waals surface area contributed by atoms with E-state index in [4.69, 9.17) is 0 Å². The minimum absolute atomic E-state index is 0.371. The smallest absolute Gasteiger partial charge is 0.0367 e. The Kier molecular flexibility index (Phi) is 4.80. The van der Waals surface area contributed by atoms with Crippen molar-refractivity contribution in [2.24, 2.45) is 0 Å². The average Bonchev–Trinajstić information content (AvgIpc) is 2.36. The van der Waals surface area contributed by atoms with Crippen molar-refractivity contribution in [1.29, 1.82) is 0 Å². The largest absolute Gasteiger partial charge is 0.369 e. The normalized spacial score (nSPS) is 18.9. The van der Waals surface area contributed by atoms with Crippen LogP contribution in [0.1, 0.15) is 33.3 Å². The van der Waals surface area contributed by atoms with Crippen molar-refractivity contribution in [3.63, 3.8) is 0 Å². The van der Waals surface area contributed by atoms with Crippen molar-refractivity contribution in [2.75, 3.05) is 23.7 Å². The van der Waals surface area contributed by atoms with Gasteiger partial charge >= 0.3 is 0 Å². The molecule has 1 heterocycles. The molecule has 0 atom stereocenters. The minimum Gasteiger partial charge on any atom is -0.369 e. The molecule has 1 aromatic carbocycles. The summed E-state index contributed by atoms with van der Waals surface area (Å²) in [5, 5.41) is 3.46. The van der Waals surface area contributed by atoms with Crippen molar-refractivity contribution in [2.45, 2.75) is 45.0 Å². The van der Waals surface area contributed by atoms with E-state index in [9.17, 15) is 0 Å².